The van der Waals surface area contributed by atoms with Gasteiger partial charge in [0.1, 0.15) is 0 Å². The molecule has 4 atom stereocenters. The predicted molar refractivity (Wildman–Crippen MR) is 111 cm³/mol. The van der Waals surface area contributed by atoms with Crippen molar-refractivity contribution < 1.29 is 9.59 Å². The van der Waals surface area contributed by atoms with E-state index in [1.165, 1.54) is 0 Å². The molecule has 0 aromatic carbocycles. The summed E-state index contributed by atoms with van der Waals surface area (Å²) in [6.07, 6.45) is 11.3. The fourth-order valence-corrected chi connectivity index (χ4v) is 3.17. The fourth-order valence-electron chi connectivity index (χ4n) is 3.17. The molecule has 0 bridgehead atoms. The number of carbonyl (C=O) groups is 2. The molecule has 27 heavy (non-hydrogen) atoms. The van der Waals surface area contributed by atoms with Crippen molar-refractivity contribution in [2.45, 2.75) is 77.9 Å². The number of nitrogens with zero attached hydrogens (tertiary/aromatic N) is 1. The van der Waals surface area contributed by atoms with Crippen molar-refractivity contribution in [3.8, 4) is 0 Å². The van der Waals surface area contributed by atoms with Crippen molar-refractivity contribution >= 4 is 11.8 Å². The lowest BCUT2D eigenvalue weighted by Gasteiger charge is -2.32. The molecule has 154 valence electrons. The summed E-state index contributed by atoms with van der Waals surface area (Å²) in [5.74, 6) is 0.574. The Balaban J connectivity index is 2.44. The summed E-state index contributed by atoms with van der Waals surface area (Å²) >= 11 is 0. The Morgan fingerprint density at radius 3 is 2.52 bits per heavy atom. The molecular formula is C21H38N4O2. The van der Waals surface area contributed by atoms with Crippen LogP contribution < -0.4 is 16.8 Å². The summed E-state index contributed by atoms with van der Waals surface area (Å²) in [4.78, 5) is 26.4. The Morgan fingerprint density at radius 1 is 1.19 bits per heavy atom. The van der Waals surface area contributed by atoms with Crippen LogP contribution in [0.1, 0.15) is 59.8 Å². The van der Waals surface area contributed by atoms with Gasteiger partial charge in [-0.15, -0.1) is 0 Å². The van der Waals surface area contributed by atoms with Crippen LogP contribution in [0.3, 0.4) is 0 Å². The van der Waals surface area contributed by atoms with E-state index in [0.717, 1.165) is 25.7 Å². The van der Waals surface area contributed by atoms with E-state index >= 15 is 0 Å². The third-order valence-corrected chi connectivity index (χ3v) is 5.11. The minimum atomic E-state index is -0.535. The standard InChI is InChI=1S/C21H38N4O2/c1-5-16(4)20(23)21(27)25-12-7-6-10-18(25)14-24-19(26)11-8-9-17(22)13-15(2)3/h6-7,10,12,15-18,20H,5,8-9,11,13-14,22-23H2,1-4H3,(H,24,26)/t16-,17?,18?,20-/m0/s1. The predicted octanol–water partition coefficient (Wildman–Crippen LogP) is 2.30. The molecule has 2 amide bonds. The Labute approximate surface area is 164 Å². The van der Waals surface area contributed by atoms with E-state index in [2.05, 4.69) is 19.2 Å². The Kier molecular flexibility index (Phi) is 10.3. The molecule has 0 saturated carbocycles. The third kappa shape index (κ3) is 8.26. The SMILES string of the molecule is CC[C@H](C)[C@H](N)C(=O)N1C=CC=CC1CNC(=O)CCCC(N)CC(C)C. The van der Waals surface area contributed by atoms with Crippen molar-refractivity contribution in [1.29, 1.82) is 0 Å². The molecular weight excluding hydrogens is 340 g/mol. The third-order valence-electron chi connectivity index (χ3n) is 5.11. The lowest BCUT2D eigenvalue weighted by atomic mass is 9.98. The number of allylic oxidation sites excluding steroid dienone is 2. The largest absolute Gasteiger partial charge is 0.354 e. The van der Waals surface area contributed by atoms with Gasteiger partial charge in [0.25, 0.3) is 0 Å². The van der Waals surface area contributed by atoms with Crippen LogP contribution in [0, 0.1) is 11.8 Å². The molecule has 5 N–H and O–H groups in total. The van der Waals surface area contributed by atoms with Crippen LogP contribution in [0.15, 0.2) is 24.4 Å². The van der Waals surface area contributed by atoms with Crippen LogP contribution >= 0.6 is 0 Å². The van der Waals surface area contributed by atoms with Crippen LogP contribution in [0.5, 0.6) is 0 Å². The fraction of sp³-hybridized carbons (Fsp3) is 0.714. The highest BCUT2D eigenvalue weighted by molar-refractivity contribution is 5.84. The summed E-state index contributed by atoms with van der Waals surface area (Å²) in [6, 6.07) is -0.587. The van der Waals surface area contributed by atoms with Gasteiger partial charge in [-0.1, -0.05) is 46.3 Å². The van der Waals surface area contributed by atoms with E-state index in [0.29, 0.717) is 18.9 Å². The second-order valence-corrected chi connectivity index (χ2v) is 8.04. The van der Waals surface area contributed by atoms with Gasteiger partial charge in [-0.05, 0) is 37.2 Å². The molecule has 1 aliphatic heterocycles. The molecule has 0 aliphatic carbocycles. The van der Waals surface area contributed by atoms with Crippen molar-refractivity contribution in [2.75, 3.05) is 6.54 Å². The monoisotopic (exact) mass is 378 g/mol. The first kappa shape index (κ1) is 23.4. The molecule has 0 aromatic rings. The Bertz CT molecular complexity index is 530. The molecule has 2 unspecified atom stereocenters. The average Bonchev–Trinajstić information content (AvgIpc) is 2.64. The van der Waals surface area contributed by atoms with E-state index in [4.69, 9.17) is 11.5 Å². The van der Waals surface area contributed by atoms with Gasteiger partial charge in [0.15, 0.2) is 0 Å². The zero-order valence-electron chi connectivity index (χ0n) is 17.4. The maximum absolute atomic E-state index is 12.7. The van der Waals surface area contributed by atoms with Crippen LogP contribution in [0.4, 0.5) is 0 Å². The van der Waals surface area contributed by atoms with Crippen LogP contribution in [0.2, 0.25) is 0 Å². The second-order valence-electron chi connectivity index (χ2n) is 8.04. The maximum Gasteiger partial charge on any atom is 0.244 e. The van der Waals surface area contributed by atoms with Gasteiger partial charge in [-0.3, -0.25) is 9.59 Å². The summed E-state index contributed by atoms with van der Waals surface area (Å²) in [6.45, 7) is 8.69. The molecule has 0 fully saturated rings. The van der Waals surface area contributed by atoms with E-state index < -0.39 is 6.04 Å². The number of carbonyl (C=O) groups excluding carboxylic acids is 2. The molecule has 0 spiro atoms. The highest BCUT2D eigenvalue weighted by atomic mass is 16.2. The molecule has 1 heterocycles. The van der Waals surface area contributed by atoms with Gasteiger partial charge >= 0.3 is 0 Å². The van der Waals surface area contributed by atoms with Crippen molar-refractivity contribution in [3.05, 3.63) is 24.4 Å². The molecule has 1 aliphatic rings. The average molecular weight is 379 g/mol. The van der Waals surface area contributed by atoms with Crippen molar-refractivity contribution in [2.24, 2.45) is 23.3 Å². The second kappa shape index (κ2) is 11.9. The molecule has 6 nitrogen and oxygen atoms in total. The molecule has 1 rings (SSSR count). The zero-order valence-corrected chi connectivity index (χ0v) is 17.4. The highest BCUT2D eigenvalue weighted by Crippen LogP contribution is 2.15. The lowest BCUT2D eigenvalue weighted by Crippen LogP contribution is -2.51. The number of nitrogens with one attached hydrogen (secondary N) is 1. The molecule has 0 saturated heterocycles. The molecule has 6 heteroatoms. The van der Waals surface area contributed by atoms with Crippen molar-refractivity contribution in [3.63, 3.8) is 0 Å². The number of rotatable bonds is 11. The van der Waals surface area contributed by atoms with Gasteiger partial charge in [0.05, 0.1) is 12.1 Å². The summed E-state index contributed by atoms with van der Waals surface area (Å²) in [5.41, 5.74) is 12.2. The first-order chi connectivity index (χ1) is 12.8. The van der Waals surface area contributed by atoms with Gasteiger partial charge in [0, 0.05) is 25.2 Å². The van der Waals surface area contributed by atoms with Gasteiger partial charge in [0.2, 0.25) is 11.8 Å². The first-order valence-corrected chi connectivity index (χ1v) is 10.2. The quantitative estimate of drug-likeness (QED) is 0.513. The van der Waals surface area contributed by atoms with Crippen LogP contribution in [-0.2, 0) is 9.59 Å². The van der Waals surface area contributed by atoms with E-state index in [1.807, 2.05) is 32.1 Å². The number of hydrogen-bond acceptors (Lipinski definition) is 4. The van der Waals surface area contributed by atoms with E-state index in [-0.39, 0.29) is 29.8 Å². The number of hydrogen-bond donors (Lipinski definition) is 3. The topological polar surface area (TPSA) is 101 Å². The summed E-state index contributed by atoms with van der Waals surface area (Å²) < 4.78 is 0. The highest BCUT2D eigenvalue weighted by Gasteiger charge is 2.28. The van der Waals surface area contributed by atoms with E-state index in [1.54, 1.807) is 11.1 Å². The minimum absolute atomic E-state index is 0.00618. The smallest absolute Gasteiger partial charge is 0.244 e. The summed E-state index contributed by atoms with van der Waals surface area (Å²) in [7, 11) is 0. The van der Waals surface area contributed by atoms with Gasteiger partial charge in [-0.2, -0.15) is 0 Å². The van der Waals surface area contributed by atoms with Gasteiger partial charge in [-0.25, -0.2) is 0 Å². The zero-order chi connectivity index (χ0) is 20.4. The Hall–Kier alpha value is -1.66. The lowest BCUT2D eigenvalue weighted by molar-refractivity contribution is -0.132. The molecule has 0 radical (unpaired) electrons. The number of nitrogens with two attached hydrogens (primary N) is 2. The van der Waals surface area contributed by atoms with Crippen molar-refractivity contribution in [1.82, 2.24) is 10.2 Å². The Morgan fingerprint density at radius 2 is 1.89 bits per heavy atom. The summed E-state index contributed by atoms with van der Waals surface area (Å²) in [5, 5.41) is 2.93. The van der Waals surface area contributed by atoms with Gasteiger partial charge < -0.3 is 21.7 Å². The molecule has 0 aromatic heterocycles. The first-order valence-electron chi connectivity index (χ1n) is 10.2. The van der Waals surface area contributed by atoms with Crippen LogP contribution in [-0.4, -0.2) is 41.4 Å². The van der Waals surface area contributed by atoms with E-state index in [9.17, 15) is 9.59 Å². The normalized spacial score (nSPS) is 19.8. The maximum atomic E-state index is 12.7. The number of amides is 2. The van der Waals surface area contributed by atoms with Crippen LogP contribution in [0.25, 0.3) is 0 Å². The minimum Gasteiger partial charge on any atom is -0.354 e.